The molecule has 0 aliphatic heterocycles. The number of hydrogen-bond donors (Lipinski definition) is 2. The number of nitrogens with two attached hydrogens (primary N) is 1. The van der Waals surface area contributed by atoms with Crippen molar-refractivity contribution >= 4 is 22.4 Å². The predicted molar refractivity (Wildman–Crippen MR) is 92.5 cm³/mol. The standard InChI is InChI=1S/C16H21N5O2S/c1-4-23-11-9-16(17,15(11,2)3)13(22)19-14-21-20-12(24-14)10-7-5-6-8-18-10/h5-8,11H,4,9,17H2,1-3H3,(H,19,21,22). The topological polar surface area (TPSA) is 103 Å². The number of nitrogens with zero attached hydrogens (tertiary/aromatic N) is 3. The first-order chi connectivity index (χ1) is 11.4. The maximum absolute atomic E-state index is 12.7. The van der Waals surface area contributed by atoms with Crippen molar-refractivity contribution in [2.24, 2.45) is 11.1 Å². The van der Waals surface area contributed by atoms with Gasteiger partial charge in [-0.3, -0.25) is 15.1 Å². The van der Waals surface area contributed by atoms with Gasteiger partial charge < -0.3 is 10.5 Å². The Balaban J connectivity index is 1.71. The Kier molecular flexibility index (Phi) is 4.37. The number of hydrogen-bond acceptors (Lipinski definition) is 7. The van der Waals surface area contributed by atoms with Gasteiger partial charge in [-0.25, -0.2) is 0 Å². The van der Waals surface area contributed by atoms with Crippen molar-refractivity contribution in [3.8, 4) is 10.7 Å². The smallest absolute Gasteiger partial charge is 0.247 e. The first kappa shape index (κ1) is 16.9. The molecule has 128 valence electrons. The third-order valence-corrected chi connectivity index (χ3v) is 5.63. The quantitative estimate of drug-likeness (QED) is 0.858. The lowest BCUT2D eigenvalue weighted by atomic mass is 9.54. The number of rotatable bonds is 5. The number of nitrogens with one attached hydrogen (secondary N) is 1. The van der Waals surface area contributed by atoms with E-state index in [0.29, 0.717) is 23.2 Å². The van der Waals surface area contributed by atoms with Crippen LogP contribution in [0.15, 0.2) is 24.4 Å². The minimum absolute atomic E-state index is 0.0169. The van der Waals surface area contributed by atoms with Gasteiger partial charge in [-0.15, -0.1) is 10.2 Å². The van der Waals surface area contributed by atoms with E-state index in [-0.39, 0.29) is 12.0 Å². The highest BCUT2D eigenvalue weighted by Crippen LogP contribution is 2.50. The van der Waals surface area contributed by atoms with Crippen LogP contribution in [0.3, 0.4) is 0 Å². The largest absolute Gasteiger partial charge is 0.378 e. The molecule has 2 aromatic rings. The molecule has 0 radical (unpaired) electrons. The number of carbonyl (C=O) groups is 1. The molecular weight excluding hydrogens is 326 g/mol. The SMILES string of the molecule is CCOC1CC(N)(C(=O)Nc2nnc(-c3ccccn3)s2)C1(C)C. The predicted octanol–water partition coefficient (Wildman–Crippen LogP) is 2.07. The summed E-state index contributed by atoms with van der Waals surface area (Å²) < 4.78 is 5.66. The summed E-state index contributed by atoms with van der Waals surface area (Å²) >= 11 is 1.27. The van der Waals surface area contributed by atoms with Crippen LogP contribution in [0.4, 0.5) is 5.13 Å². The lowest BCUT2D eigenvalue weighted by molar-refractivity contribution is -0.166. The van der Waals surface area contributed by atoms with Crippen LogP contribution in [-0.2, 0) is 9.53 Å². The van der Waals surface area contributed by atoms with E-state index in [2.05, 4.69) is 20.5 Å². The summed E-state index contributed by atoms with van der Waals surface area (Å²) in [5, 5.41) is 11.9. The summed E-state index contributed by atoms with van der Waals surface area (Å²) in [5.74, 6) is -0.257. The average Bonchev–Trinajstić information content (AvgIpc) is 3.03. The zero-order valence-electron chi connectivity index (χ0n) is 13.9. The summed E-state index contributed by atoms with van der Waals surface area (Å²) in [4.78, 5) is 16.9. The van der Waals surface area contributed by atoms with Crippen molar-refractivity contribution in [3.63, 3.8) is 0 Å². The molecule has 1 fully saturated rings. The fourth-order valence-corrected chi connectivity index (χ4v) is 3.61. The van der Waals surface area contributed by atoms with Crippen LogP contribution in [0.25, 0.3) is 10.7 Å². The Morgan fingerprint density at radius 3 is 2.88 bits per heavy atom. The Bertz CT molecular complexity index is 733. The molecule has 24 heavy (non-hydrogen) atoms. The third-order valence-electron chi connectivity index (χ3n) is 4.76. The minimum atomic E-state index is -0.982. The number of amides is 1. The highest BCUT2D eigenvalue weighted by molar-refractivity contribution is 7.18. The Labute approximate surface area is 144 Å². The van der Waals surface area contributed by atoms with Crippen molar-refractivity contribution < 1.29 is 9.53 Å². The highest BCUT2D eigenvalue weighted by atomic mass is 32.1. The summed E-state index contributed by atoms with van der Waals surface area (Å²) in [5.41, 5.74) is 5.66. The molecule has 1 amide bonds. The van der Waals surface area contributed by atoms with Crippen LogP contribution in [-0.4, -0.2) is 39.3 Å². The van der Waals surface area contributed by atoms with Crippen molar-refractivity contribution in [1.82, 2.24) is 15.2 Å². The second-order valence-corrected chi connectivity index (χ2v) is 7.40. The Morgan fingerprint density at radius 2 is 2.25 bits per heavy atom. The van der Waals surface area contributed by atoms with E-state index in [1.807, 2.05) is 39.0 Å². The zero-order valence-corrected chi connectivity index (χ0v) is 14.8. The molecule has 2 heterocycles. The number of carbonyl (C=O) groups excluding carboxylic acids is 1. The fraction of sp³-hybridized carbons (Fsp3) is 0.500. The van der Waals surface area contributed by atoms with E-state index in [1.165, 1.54) is 11.3 Å². The third kappa shape index (κ3) is 2.70. The molecule has 8 heteroatoms. The van der Waals surface area contributed by atoms with Crippen LogP contribution in [0, 0.1) is 5.41 Å². The summed E-state index contributed by atoms with van der Waals surface area (Å²) in [7, 11) is 0. The highest BCUT2D eigenvalue weighted by Gasteiger charge is 2.63. The molecule has 2 unspecified atom stereocenters. The van der Waals surface area contributed by atoms with Crippen LogP contribution >= 0.6 is 11.3 Å². The van der Waals surface area contributed by atoms with Crippen molar-refractivity contribution in [2.45, 2.75) is 38.8 Å². The maximum atomic E-state index is 12.7. The van der Waals surface area contributed by atoms with E-state index in [9.17, 15) is 4.79 Å². The molecule has 3 N–H and O–H groups in total. The van der Waals surface area contributed by atoms with Gasteiger partial charge in [0.2, 0.25) is 11.0 Å². The van der Waals surface area contributed by atoms with Gasteiger partial charge in [0.15, 0.2) is 5.01 Å². The summed E-state index contributed by atoms with van der Waals surface area (Å²) in [6.07, 6.45) is 2.16. The van der Waals surface area contributed by atoms with E-state index < -0.39 is 11.0 Å². The van der Waals surface area contributed by atoms with Gasteiger partial charge in [0.05, 0.1) is 6.10 Å². The van der Waals surface area contributed by atoms with Gasteiger partial charge in [-0.05, 0) is 19.1 Å². The maximum Gasteiger partial charge on any atom is 0.247 e. The molecule has 7 nitrogen and oxygen atoms in total. The van der Waals surface area contributed by atoms with E-state index in [1.54, 1.807) is 6.20 Å². The van der Waals surface area contributed by atoms with Crippen LogP contribution in [0.5, 0.6) is 0 Å². The summed E-state index contributed by atoms with van der Waals surface area (Å²) in [6.45, 7) is 6.45. The molecule has 0 bridgehead atoms. The normalized spacial score (nSPS) is 25.1. The number of ether oxygens (including phenoxy) is 1. The van der Waals surface area contributed by atoms with Crippen LogP contribution in [0.2, 0.25) is 0 Å². The first-order valence-electron chi connectivity index (χ1n) is 7.85. The van der Waals surface area contributed by atoms with Crippen LogP contribution < -0.4 is 11.1 Å². The van der Waals surface area contributed by atoms with E-state index >= 15 is 0 Å². The van der Waals surface area contributed by atoms with Crippen molar-refractivity contribution in [2.75, 3.05) is 11.9 Å². The molecule has 2 aromatic heterocycles. The van der Waals surface area contributed by atoms with Gasteiger partial charge in [0.25, 0.3) is 0 Å². The van der Waals surface area contributed by atoms with Crippen molar-refractivity contribution in [1.29, 1.82) is 0 Å². The molecule has 1 aliphatic carbocycles. The lowest BCUT2D eigenvalue weighted by Crippen LogP contribution is -2.74. The first-order valence-corrected chi connectivity index (χ1v) is 8.67. The molecule has 0 saturated heterocycles. The Morgan fingerprint density at radius 1 is 1.46 bits per heavy atom. The second kappa shape index (κ2) is 6.19. The van der Waals surface area contributed by atoms with Gasteiger partial charge in [-0.2, -0.15) is 0 Å². The molecule has 3 rings (SSSR count). The number of aromatic nitrogens is 3. The number of anilines is 1. The van der Waals surface area contributed by atoms with Crippen LogP contribution in [0.1, 0.15) is 27.2 Å². The van der Waals surface area contributed by atoms with Gasteiger partial charge in [0.1, 0.15) is 11.2 Å². The van der Waals surface area contributed by atoms with E-state index in [0.717, 1.165) is 5.69 Å². The molecule has 2 atom stereocenters. The van der Waals surface area contributed by atoms with Gasteiger partial charge >= 0.3 is 0 Å². The monoisotopic (exact) mass is 347 g/mol. The summed E-state index contributed by atoms with van der Waals surface area (Å²) in [6, 6.07) is 5.55. The zero-order chi connectivity index (χ0) is 17.4. The molecule has 0 aromatic carbocycles. The second-order valence-electron chi connectivity index (χ2n) is 6.42. The number of pyridine rings is 1. The molecular formula is C16H21N5O2S. The van der Waals surface area contributed by atoms with Gasteiger partial charge in [-0.1, -0.05) is 31.3 Å². The minimum Gasteiger partial charge on any atom is -0.378 e. The average molecular weight is 347 g/mol. The molecule has 1 saturated carbocycles. The Hall–Kier alpha value is -1.90. The lowest BCUT2D eigenvalue weighted by Gasteiger charge is -2.57. The van der Waals surface area contributed by atoms with Gasteiger partial charge in [0, 0.05) is 24.6 Å². The molecule has 1 aliphatic rings. The van der Waals surface area contributed by atoms with Crippen molar-refractivity contribution in [3.05, 3.63) is 24.4 Å². The molecule has 0 spiro atoms. The van der Waals surface area contributed by atoms with E-state index in [4.69, 9.17) is 10.5 Å². The fourth-order valence-electron chi connectivity index (χ4n) is 2.90.